The molecule has 0 unspecified atom stereocenters. The topological polar surface area (TPSA) is 86.7 Å². The van der Waals surface area contributed by atoms with Gasteiger partial charge in [-0.1, -0.05) is 0 Å². The van der Waals surface area contributed by atoms with Crippen molar-refractivity contribution in [3.63, 3.8) is 0 Å². The second kappa shape index (κ2) is 5.81. The highest BCUT2D eigenvalue weighted by molar-refractivity contribution is 7.15. The van der Waals surface area contributed by atoms with Crippen molar-refractivity contribution in [2.45, 2.75) is 20.5 Å². The molecule has 3 rings (SSSR count). The number of benzene rings is 1. The highest BCUT2D eigenvalue weighted by atomic mass is 32.1. The molecule has 0 aliphatic heterocycles. The Bertz CT molecular complexity index is 961. The second-order valence-electron chi connectivity index (χ2n) is 5.04. The van der Waals surface area contributed by atoms with Gasteiger partial charge in [-0.05, 0) is 25.5 Å². The van der Waals surface area contributed by atoms with Crippen LogP contribution in [0, 0.1) is 24.0 Å². The molecule has 0 saturated heterocycles. The number of aryl methyl sites for hydroxylation is 1. The fourth-order valence-corrected chi connectivity index (χ4v) is 3.08. The first kappa shape index (κ1) is 15.2. The number of hydrogen-bond acceptors (Lipinski definition) is 6. The van der Waals surface area contributed by atoms with E-state index >= 15 is 0 Å². The van der Waals surface area contributed by atoms with E-state index in [0.717, 1.165) is 5.56 Å². The highest BCUT2D eigenvalue weighted by Gasteiger charge is 2.17. The van der Waals surface area contributed by atoms with Gasteiger partial charge in [-0.25, -0.2) is 4.98 Å². The summed E-state index contributed by atoms with van der Waals surface area (Å²) in [4.78, 5) is 27.4. The first-order valence-corrected chi connectivity index (χ1v) is 7.68. The fraction of sp³-hybridized carbons (Fsp3) is 0.200. The Kier molecular flexibility index (Phi) is 3.83. The number of fused-ring (bicyclic) bond motifs is 1. The van der Waals surface area contributed by atoms with E-state index in [9.17, 15) is 14.9 Å². The SMILES string of the molecule is Cc1ccc([N+](=O)[O-])c(C)c1OCc1cc(=O)n2ccsc2n1. The van der Waals surface area contributed by atoms with Gasteiger partial charge in [0.1, 0.15) is 12.4 Å². The highest BCUT2D eigenvalue weighted by Crippen LogP contribution is 2.31. The molecule has 0 atom stereocenters. The van der Waals surface area contributed by atoms with Gasteiger partial charge in [0.05, 0.1) is 16.2 Å². The summed E-state index contributed by atoms with van der Waals surface area (Å²) < 4.78 is 7.17. The van der Waals surface area contributed by atoms with E-state index in [2.05, 4.69) is 4.98 Å². The molecule has 0 amide bonds. The maximum atomic E-state index is 11.9. The van der Waals surface area contributed by atoms with Crippen LogP contribution >= 0.6 is 11.3 Å². The minimum atomic E-state index is -0.440. The lowest BCUT2D eigenvalue weighted by atomic mass is 10.1. The average Bonchev–Trinajstić information content (AvgIpc) is 2.95. The molecule has 0 aliphatic rings. The maximum absolute atomic E-state index is 11.9. The van der Waals surface area contributed by atoms with Crippen molar-refractivity contribution in [1.29, 1.82) is 0 Å². The van der Waals surface area contributed by atoms with E-state index in [1.165, 1.54) is 27.9 Å². The Morgan fingerprint density at radius 1 is 1.39 bits per heavy atom. The van der Waals surface area contributed by atoms with Crippen LogP contribution in [-0.4, -0.2) is 14.3 Å². The summed E-state index contributed by atoms with van der Waals surface area (Å²) in [5, 5.41) is 12.8. The molecule has 118 valence electrons. The predicted molar refractivity (Wildman–Crippen MR) is 86.2 cm³/mol. The molecule has 3 aromatic rings. The lowest BCUT2D eigenvalue weighted by Gasteiger charge is -2.11. The Morgan fingerprint density at radius 2 is 2.17 bits per heavy atom. The average molecular weight is 331 g/mol. The van der Waals surface area contributed by atoms with Crippen LogP contribution in [0.3, 0.4) is 0 Å². The molecule has 0 saturated carbocycles. The smallest absolute Gasteiger partial charge is 0.276 e. The third-order valence-electron chi connectivity index (χ3n) is 3.49. The van der Waals surface area contributed by atoms with Gasteiger partial charge >= 0.3 is 0 Å². The Labute approximate surface area is 135 Å². The van der Waals surface area contributed by atoms with Crippen LogP contribution in [0.5, 0.6) is 5.75 Å². The maximum Gasteiger partial charge on any atom is 0.276 e. The molecule has 0 N–H and O–H groups in total. The number of nitro groups is 1. The Morgan fingerprint density at radius 3 is 2.91 bits per heavy atom. The molecule has 0 radical (unpaired) electrons. The largest absolute Gasteiger partial charge is 0.486 e. The van der Waals surface area contributed by atoms with Gasteiger partial charge < -0.3 is 4.74 Å². The predicted octanol–water partition coefficient (Wildman–Crippen LogP) is 2.86. The first-order chi connectivity index (χ1) is 11.0. The summed E-state index contributed by atoms with van der Waals surface area (Å²) in [6, 6.07) is 4.51. The summed E-state index contributed by atoms with van der Waals surface area (Å²) in [7, 11) is 0. The summed E-state index contributed by atoms with van der Waals surface area (Å²) in [5.41, 5.74) is 1.57. The summed E-state index contributed by atoms with van der Waals surface area (Å²) in [6.07, 6.45) is 1.66. The molecule has 0 spiro atoms. The van der Waals surface area contributed by atoms with Crippen molar-refractivity contribution >= 4 is 22.0 Å². The van der Waals surface area contributed by atoms with Gasteiger partial charge in [-0.2, -0.15) is 0 Å². The van der Waals surface area contributed by atoms with Gasteiger partial charge in [-0.15, -0.1) is 11.3 Å². The van der Waals surface area contributed by atoms with Crippen LogP contribution in [-0.2, 0) is 6.61 Å². The number of aromatic nitrogens is 2. The molecular formula is C15H13N3O4S. The van der Waals surface area contributed by atoms with Crippen LogP contribution in [0.2, 0.25) is 0 Å². The summed E-state index contributed by atoms with van der Waals surface area (Å²) in [6.45, 7) is 3.54. The molecule has 2 heterocycles. The number of nitro benzene ring substituents is 1. The lowest BCUT2D eigenvalue weighted by Crippen LogP contribution is -2.14. The first-order valence-electron chi connectivity index (χ1n) is 6.80. The van der Waals surface area contributed by atoms with Crippen molar-refractivity contribution < 1.29 is 9.66 Å². The van der Waals surface area contributed by atoms with Gasteiger partial charge in [0.2, 0.25) is 0 Å². The zero-order chi connectivity index (χ0) is 16.6. The zero-order valence-electron chi connectivity index (χ0n) is 12.5. The fourth-order valence-electron chi connectivity index (χ4n) is 2.34. The van der Waals surface area contributed by atoms with Crippen molar-refractivity contribution in [2.75, 3.05) is 0 Å². The van der Waals surface area contributed by atoms with Crippen LogP contribution in [0.25, 0.3) is 4.96 Å². The third kappa shape index (κ3) is 2.80. The number of rotatable bonds is 4. The van der Waals surface area contributed by atoms with Crippen LogP contribution in [0.4, 0.5) is 5.69 Å². The molecule has 0 fully saturated rings. The summed E-state index contributed by atoms with van der Waals surface area (Å²) in [5.74, 6) is 0.451. The van der Waals surface area contributed by atoms with E-state index in [4.69, 9.17) is 4.74 Å². The van der Waals surface area contributed by atoms with Crippen molar-refractivity contribution in [3.05, 3.63) is 67.1 Å². The van der Waals surface area contributed by atoms with Crippen LogP contribution < -0.4 is 10.3 Å². The molecule has 7 nitrogen and oxygen atoms in total. The van der Waals surface area contributed by atoms with Crippen molar-refractivity contribution in [3.8, 4) is 5.75 Å². The standard InChI is InChI=1S/C15H13N3O4S/c1-9-3-4-12(18(20)21)10(2)14(9)22-8-11-7-13(19)17-5-6-23-15(17)16-11/h3-7H,8H2,1-2H3. The minimum Gasteiger partial charge on any atom is -0.486 e. The monoisotopic (exact) mass is 331 g/mol. The number of ether oxygens (including phenoxy) is 1. The molecule has 2 aromatic heterocycles. The lowest BCUT2D eigenvalue weighted by molar-refractivity contribution is -0.385. The third-order valence-corrected chi connectivity index (χ3v) is 4.25. The quantitative estimate of drug-likeness (QED) is 0.542. The molecule has 1 aromatic carbocycles. The normalized spacial score (nSPS) is 10.9. The molecule has 23 heavy (non-hydrogen) atoms. The molecule has 8 heteroatoms. The van der Waals surface area contributed by atoms with Gasteiger partial charge in [0.15, 0.2) is 4.96 Å². The Hall–Kier alpha value is -2.74. The van der Waals surface area contributed by atoms with Crippen LogP contribution in [0.15, 0.2) is 34.6 Å². The summed E-state index contributed by atoms with van der Waals surface area (Å²) >= 11 is 1.36. The van der Waals surface area contributed by atoms with Crippen molar-refractivity contribution in [1.82, 2.24) is 9.38 Å². The van der Waals surface area contributed by atoms with Gasteiger partial charge in [0.25, 0.3) is 11.2 Å². The minimum absolute atomic E-state index is 0.00679. The second-order valence-corrected chi connectivity index (χ2v) is 5.92. The van der Waals surface area contributed by atoms with E-state index in [0.29, 0.717) is 22.0 Å². The van der Waals surface area contributed by atoms with E-state index in [1.807, 2.05) is 6.92 Å². The zero-order valence-corrected chi connectivity index (χ0v) is 13.3. The van der Waals surface area contributed by atoms with Crippen LogP contribution in [0.1, 0.15) is 16.8 Å². The molecular weight excluding hydrogens is 318 g/mol. The van der Waals surface area contributed by atoms with E-state index < -0.39 is 4.92 Å². The number of hydrogen-bond donors (Lipinski definition) is 0. The van der Waals surface area contributed by atoms with E-state index in [1.54, 1.807) is 24.6 Å². The number of nitrogens with zero attached hydrogens (tertiary/aromatic N) is 3. The molecule has 0 aliphatic carbocycles. The van der Waals surface area contributed by atoms with Gasteiger partial charge in [0, 0.05) is 23.7 Å². The Balaban J connectivity index is 1.92. The van der Waals surface area contributed by atoms with Gasteiger partial charge in [-0.3, -0.25) is 19.3 Å². The van der Waals surface area contributed by atoms with Crippen molar-refractivity contribution in [2.24, 2.45) is 0 Å². The molecule has 0 bridgehead atoms. The number of thiazole rings is 1. The van der Waals surface area contributed by atoms with E-state index in [-0.39, 0.29) is 17.9 Å².